The third-order valence-electron chi connectivity index (χ3n) is 3.64. The topological polar surface area (TPSA) is 34.1 Å². The molecule has 0 amide bonds. The first-order chi connectivity index (χ1) is 11.2. The van der Waals surface area contributed by atoms with Crippen molar-refractivity contribution in [2.75, 3.05) is 7.11 Å². The molecular weight excluding hydrogens is 332 g/mol. The number of ether oxygens (including phenoxy) is 2. The number of benzene rings is 2. The highest BCUT2D eigenvalue weighted by Gasteiger charge is 2.35. The lowest BCUT2D eigenvalue weighted by molar-refractivity contribution is 0.265. The highest BCUT2D eigenvalue weighted by atomic mass is 35.5. The Balaban J connectivity index is 1.60. The van der Waals surface area contributed by atoms with Crippen LogP contribution in [-0.4, -0.2) is 18.0 Å². The molecule has 1 atom stereocenters. The molecule has 0 saturated heterocycles. The molecule has 0 spiro atoms. The lowest BCUT2D eigenvalue weighted by Gasteiger charge is -2.17. The van der Waals surface area contributed by atoms with Gasteiger partial charge in [-0.05, 0) is 42.0 Å². The molecule has 0 fully saturated rings. The van der Waals surface area contributed by atoms with Crippen LogP contribution in [0.1, 0.15) is 16.5 Å². The molecule has 2 aromatic rings. The third-order valence-corrected chi connectivity index (χ3v) is 4.96. The van der Waals surface area contributed by atoms with Crippen LogP contribution in [0.5, 0.6) is 5.75 Å². The van der Waals surface area contributed by atoms with Crippen LogP contribution in [0.25, 0.3) is 0 Å². The van der Waals surface area contributed by atoms with Gasteiger partial charge in [0.1, 0.15) is 11.1 Å². The first kappa shape index (κ1) is 14.5. The zero-order valence-corrected chi connectivity index (χ0v) is 13.8. The summed E-state index contributed by atoms with van der Waals surface area (Å²) in [5.74, 6) is 2.15. The van der Waals surface area contributed by atoms with E-state index in [-0.39, 0.29) is 5.37 Å². The fraction of sp³-hybridized carbons (Fsp3) is 0.118. The molecular formula is C17H13ClN2O2S. The van der Waals surface area contributed by atoms with Crippen LogP contribution in [0.3, 0.4) is 0 Å². The molecule has 4 nitrogen and oxygen atoms in total. The van der Waals surface area contributed by atoms with Gasteiger partial charge in [0.25, 0.3) is 0 Å². The number of rotatable bonds is 3. The van der Waals surface area contributed by atoms with E-state index in [1.807, 2.05) is 58.9 Å². The van der Waals surface area contributed by atoms with Gasteiger partial charge in [0.05, 0.1) is 7.11 Å². The fourth-order valence-corrected chi connectivity index (χ4v) is 3.55. The number of nitrogens with zero attached hydrogens (tertiary/aromatic N) is 2. The molecule has 0 aromatic heterocycles. The predicted octanol–water partition coefficient (Wildman–Crippen LogP) is 4.59. The summed E-state index contributed by atoms with van der Waals surface area (Å²) in [6, 6.07) is 15.5. The van der Waals surface area contributed by atoms with Crippen LogP contribution < -0.4 is 4.74 Å². The van der Waals surface area contributed by atoms with Crippen LogP contribution in [-0.2, 0) is 4.74 Å². The van der Waals surface area contributed by atoms with Gasteiger partial charge < -0.3 is 9.47 Å². The van der Waals surface area contributed by atoms with Gasteiger partial charge in [0.2, 0.25) is 11.8 Å². The lowest BCUT2D eigenvalue weighted by atomic mass is 10.2. The van der Waals surface area contributed by atoms with E-state index in [0.29, 0.717) is 5.90 Å². The Kier molecular flexibility index (Phi) is 3.67. The Morgan fingerprint density at radius 2 is 1.87 bits per heavy atom. The maximum atomic E-state index is 5.96. The number of halogens is 1. The van der Waals surface area contributed by atoms with E-state index in [1.165, 1.54) is 0 Å². The Hall–Kier alpha value is -2.11. The molecule has 23 heavy (non-hydrogen) atoms. The molecule has 0 aliphatic carbocycles. The van der Waals surface area contributed by atoms with Crippen molar-refractivity contribution >= 4 is 29.3 Å². The minimum atomic E-state index is 0.0676. The van der Waals surface area contributed by atoms with E-state index in [2.05, 4.69) is 5.10 Å². The minimum Gasteiger partial charge on any atom is -0.497 e. The minimum absolute atomic E-state index is 0.0676. The predicted molar refractivity (Wildman–Crippen MR) is 92.3 cm³/mol. The summed E-state index contributed by atoms with van der Waals surface area (Å²) in [7, 11) is 1.65. The Labute approximate surface area is 143 Å². The molecule has 2 heterocycles. The van der Waals surface area contributed by atoms with Crippen molar-refractivity contribution in [2.45, 2.75) is 5.37 Å². The van der Waals surface area contributed by atoms with Gasteiger partial charge in [-0.2, -0.15) is 0 Å². The first-order valence-electron chi connectivity index (χ1n) is 7.06. The second-order valence-corrected chi connectivity index (χ2v) is 6.47. The van der Waals surface area contributed by atoms with Crippen molar-refractivity contribution in [1.29, 1.82) is 0 Å². The number of hydrogen-bond donors (Lipinski definition) is 0. The summed E-state index contributed by atoms with van der Waals surface area (Å²) in [6.45, 7) is 0. The zero-order valence-electron chi connectivity index (χ0n) is 12.3. The SMILES string of the molecule is COc1ccc(C2=NN3C(=CSC3c3ccc(Cl)cc3)O2)cc1. The molecule has 2 aliphatic heterocycles. The fourth-order valence-electron chi connectivity index (χ4n) is 2.44. The van der Waals surface area contributed by atoms with Crippen molar-refractivity contribution in [3.05, 3.63) is 76.0 Å². The summed E-state index contributed by atoms with van der Waals surface area (Å²) in [6.07, 6.45) is 0. The van der Waals surface area contributed by atoms with E-state index in [9.17, 15) is 0 Å². The average Bonchev–Trinajstić information content (AvgIpc) is 3.16. The Morgan fingerprint density at radius 3 is 2.57 bits per heavy atom. The summed E-state index contributed by atoms with van der Waals surface area (Å²) < 4.78 is 11.0. The van der Waals surface area contributed by atoms with Gasteiger partial charge in [-0.1, -0.05) is 35.5 Å². The van der Waals surface area contributed by atoms with Gasteiger partial charge in [-0.15, -0.1) is 5.10 Å². The van der Waals surface area contributed by atoms with E-state index in [0.717, 1.165) is 27.8 Å². The van der Waals surface area contributed by atoms with Crippen LogP contribution in [0.4, 0.5) is 0 Å². The van der Waals surface area contributed by atoms with Gasteiger partial charge in [-0.3, -0.25) is 0 Å². The quantitative estimate of drug-likeness (QED) is 0.815. The monoisotopic (exact) mass is 344 g/mol. The first-order valence-corrected chi connectivity index (χ1v) is 8.38. The second kappa shape index (κ2) is 5.83. The molecule has 2 aliphatic rings. The summed E-state index contributed by atoms with van der Waals surface area (Å²) in [5, 5.41) is 9.30. The average molecular weight is 345 g/mol. The van der Waals surface area contributed by atoms with Gasteiger partial charge in [0, 0.05) is 16.0 Å². The molecule has 116 valence electrons. The summed E-state index contributed by atoms with van der Waals surface area (Å²) >= 11 is 7.63. The number of fused-ring (bicyclic) bond motifs is 1. The standard InChI is InChI=1S/C17H13ClN2O2S/c1-21-14-8-4-11(5-9-14)16-19-20-15(22-16)10-23-17(20)12-2-6-13(18)7-3-12/h2-10,17H,1H3. The molecule has 0 radical (unpaired) electrons. The van der Waals surface area contributed by atoms with Gasteiger partial charge in [0.15, 0.2) is 0 Å². The van der Waals surface area contributed by atoms with Gasteiger partial charge in [-0.25, -0.2) is 5.01 Å². The van der Waals surface area contributed by atoms with E-state index in [4.69, 9.17) is 21.1 Å². The van der Waals surface area contributed by atoms with Crippen LogP contribution >= 0.6 is 23.4 Å². The highest BCUT2D eigenvalue weighted by molar-refractivity contribution is 8.02. The maximum absolute atomic E-state index is 5.96. The van der Waals surface area contributed by atoms with Crippen molar-refractivity contribution < 1.29 is 9.47 Å². The van der Waals surface area contributed by atoms with Crippen molar-refractivity contribution in [3.8, 4) is 5.75 Å². The van der Waals surface area contributed by atoms with Crippen molar-refractivity contribution in [3.63, 3.8) is 0 Å². The smallest absolute Gasteiger partial charge is 0.245 e. The van der Waals surface area contributed by atoms with Crippen LogP contribution in [0.15, 0.2) is 64.9 Å². The second-order valence-electron chi connectivity index (χ2n) is 5.08. The van der Waals surface area contributed by atoms with Crippen LogP contribution in [0, 0.1) is 0 Å². The zero-order chi connectivity index (χ0) is 15.8. The number of hydrazone groups is 1. The maximum Gasteiger partial charge on any atom is 0.245 e. The largest absolute Gasteiger partial charge is 0.497 e. The van der Waals surface area contributed by atoms with E-state index >= 15 is 0 Å². The van der Waals surface area contributed by atoms with E-state index < -0.39 is 0 Å². The van der Waals surface area contributed by atoms with Crippen LogP contribution in [0.2, 0.25) is 5.02 Å². The van der Waals surface area contributed by atoms with Gasteiger partial charge >= 0.3 is 0 Å². The van der Waals surface area contributed by atoms with Crippen molar-refractivity contribution in [1.82, 2.24) is 5.01 Å². The normalized spacial score (nSPS) is 19.0. The third kappa shape index (κ3) is 2.66. The van der Waals surface area contributed by atoms with E-state index in [1.54, 1.807) is 18.9 Å². The number of thioether (sulfide) groups is 1. The molecule has 2 aromatic carbocycles. The molecule has 6 heteroatoms. The van der Waals surface area contributed by atoms with Crippen molar-refractivity contribution in [2.24, 2.45) is 5.10 Å². The molecule has 0 bridgehead atoms. The Morgan fingerprint density at radius 1 is 1.13 bits per heavy atom. The molecule has 0 N–H and O–H groups in total. The molecule has 4 rings (SSSR count). The highest BCUT2D eigenvalue weighted by Crippen LogP contribution is 2.45. The Bertz CT molecular complexity index is 787. The number of methoxy groups -OCH3 is 1. The lowest BCUT2D eigenvalue weighted by Crippen LogP contribution is -2.12. The number of hydrogen-bond acceptors (Lipinski definition) is 5. The summed E-state index contributed by atoms with van der Waals surface area (Å²) in [5.41, 5.74) is 2.05. The molecule has 1 unspecified atom stereocenters. The molecule has 0 saturated carbocycles. The summed E-state index contributed by atoms with van der Waals surface area (Å²) in [4.78, 5) is 0.